The first-order valence-electron chi connectivity index (χ1n) is 8.04. The standard InChI is InChI=1S/C17H21Cl2N5O/c1-2-20-17(21-8-7-13-3-5-15(19)23-11-13)22-9-10-25-16-6-4-14(18)12-24-16/h3-6,11-12H,2,7-10H2,1H3,(H2,20,21,22). The molecule has 0 aliphatic rings. The lowest BCUT2D eigenvalue weighted by Crippen LogP contribution is -2.39. The summed E-state index contributed by atoms with van der Waals surface area (Å²) >= 11 is 11.6. The van der Waals surface area contributed by atoms with Crippen molar-refractivity contribution in [1.29, 1.82) is 0 Å². The lowest BCUT2D eigenvalue weighted by atomic mass is 10.2. The first kappa shape index (κ1) is 19.3. The van der Waals surface area contributed by atoms with Crippen LogP contribution in [-0.4, -0.2) is 42.2 Å². The van der Waals surface area contributed by atoms with Gasteiger partial charge >= 0.3 is 0 Å². The SMILES string of the molecule is CCNC(=NCCc1ccc(Cl)nc1)NCCOc1ccc(Cl)cn1. The third kappa shape index (κ3) is 7.58. The fourth-order valence-corrected chi connectivity index (χ4v) is 2.19. The summed E-state index contributed by atoms with van der Waals surface area (Å²) in [7, 11) is 0. The van der Waals surface area contributed by atoms with Crippen LogP contribution in [0, 0.1) is 0 Å². The highest BCUT2D eigenvalue weighted by Gasteiger charge is 1.99. The topological polar surface area (TPSA) is 71.4 Å². The van der Waals surface area contributed by atoms with Gasteiger partial charge in [-0.1, -0.05) is 29.3 Å². The lowest BCUT2D eigenvalue weighted by molar-refractivity contribution is 0.309. The van der Waals surface area contributed by atoms with Crippen molar-refractivity contribution in [3.8, 4) is 5.88 Å². The lowest BCUT2D eigenvalue weighted by Gasteiger charge is -2.11. The molecule has 134 valence electrons. The molecule has 0 radical (unpaired) electrons. The average Bonchev–Trinajstić information content (AvgIpc) is 2.62. The van der Waals surface area contributed by atoms with Crippen LogP contribution in [0.15, 0.2) is 41.7 Å². The van der Waals surface area contributed by atoms with E-state index in [4.69, 9.17) is 27.9 Å². The van der Waals surface area contributed by atoms with Gasteiger partial charge in [0.1, 0.15) is 11.8 Å². The Kier molecular flexibility index (Phi) is 8.28. The highest BCUT2D eigenvalue weighted by atomic mass is 35.5. The van der Waals surface area contributed by atoms with Gasteiger partial charge in [0.15, 0.2) is 5.96 Å². The Morgan fingerprint density at radius 2 is 2.00 bits per heavy atom. The number of ether oxygens (including phenoxy) is 1. The predicted octanol–water partition coefficient (Wildman–Crippen LogP) is 2.96. The highest BCUT2D eigenvalue weighted by molar-refractivity contribution is 6.30. The zero-order valence-corrected chi connectivity index (χ0v) is 15.5. The average molecular weight is 382 g/mol. The molecule has 0 saturated carbocycles. The van der Waals surface area contributed by atoms with Gasteiger partial charge in [-0.25, -0.2) is 9.97 Å². The van der Waals surface area contributed by atoms with Crippen molar-refractivity contribution in [3.63, 3.8) is 0 Å². The number of guanidine groups is 1. The molecule has 0 saturated heterocycles. The summed E-state index contributed by atoms with van der Waals surface area (Å²) in [5.74, 6) is 1.29. The number of halogens is 2. The van der Waals surface area contributed by atoms with E-state index in [1.54, 1.807) is 30.6 Å². The second-order valence-corrected chi connectivity index (χ2v) is 5.91. The van der Waals surface area contributed by atoms with Crippen LogP contribution in [0.4, 0.5) is 0 Å². The summed E-state index contributed by atoms with van der Waals surface area (Å²) in [6.07, 6.45) is 4.12. The van der Waals surface area contributed by atoms with Crippen LogP contribution in [0.5, 0.6) is 5.88 Å². The summed E-state index contributed by atoms with van der Waals surface area (Å²) in [5.41, 5.74) is 1.10. The van der Waals surface area contributed by atoms with Crippen molar-refractivity contribution in [2.75, 3.05) is 26.2 Å². The monoisotopic (exact) mass is 381 g/mol. The number of pyridine rings is 2. The van der Waals surface area contributed by atoms with Crippen molar-refractivity contribution >= 4 is 29.2 Å². The molecular weight excluding hydrogens is 361 g/mol. The number of nitrogens with one attached hydrogen (secondary N) is 2. The summed E-state index contributed by atoms with van der Waals surface area (Å²) < 4.78 is 5.54. The van der Waals surface area contributed by atoms with Gasteiger partial charge in [0.05, 0.1) is 11.6 Å². The van der Waals surface area contributed by atoms with Gasteiger partial charge in [-0.05, 0) is 31.0 Å². The maximum absolute atomic E-state index is 5.78. The molecule has 0 aromatic carbocycles. The molecule has 0 fully saturated rings. The van der Waals surface area contributed by atoms with Gasteiger partial charge in [-0.2, -0.15) is 0 Å². The third-order valence-electron chi connectivity index (χ3n) is 3.15. The molecule has 8 heteroatoms. The Morgan fingerprint density at radius 3 is 2.68 bits per heavy atom. The zero-order valence-electron chi connectivity index (χ0n) is 14.0. The molecule has 0 spiro atoms. The molecule has 2 aromatic heterocycles. The summed E-state index contributed by atoms with van der Waals surface area (Å²) in [5, 5.41) is 7.50. The van der Waals surface area contributed by atoms with Crippen molar-refractivity contribution in [2.45, 2.75) is 13.3 Å². The Bertz CT molecular complexity index is 662. The molecule has 25 heavy (non-hydrogen) atoms. The van der Waals surface area contributed by atoms with Gasteiger partial charge in [0.25, 0.3) is 0 Å². The molecule has 2 N–H and O–H groups in total. The van der Waals surface area contributed by atoms with Gasteiger partial charge in [-0.3, -0.25) is 4.99 Å². The fraction of sp³-hybridized carbons (Fsp3) is 0.353. The number of rotatable bonds is 8. The van der Waals surface area contributed by atoms with Crippen molar-refractivity contribution < 1.29 is 4.74 Å². The van der Waals surface area contributed by atoms with E-state index in [1.165, 1.54) is 0 Å². The number of aromatic nitrogens is 2. The first-order valence-corrected chi connectivity index (χ1v) is 8.80. The molecule has 6 nitrogen and oxygen atoms in total. The molecule has 2 aromatic rings. The molecule has 0 amide bonds. The zero-order chi connectivity index (χ0) is 17.9. The molecule has 2 heterocycles. The van der Waals surface area contributed by atoms with Crippen molar-refractivity contribution in [2.24, 2.45) is 4.99 Å². The Hall–Kier alpha value is -2.05. The molecule has 0 aliphatic carbocycles. The van der Waals surface area contributed by atoms with E-state index in [0.717, 1.165) is 24.5 Å². The highest BCUT2D eigenvalue weighted by Crippen LogP contribution is 2.11. The second-order valence-electron chi connectivity index (χ2n) is 5.09. The van der Waals surface area contributed by atoms with E-state index in [0.29, 0.717) is 35.8 Å². The summed E-state index contributed by atoms with van der Waals surface area (Å²) in [6, 6.07) is 7.22. The number of hydrogen-bond donors (Lipinski definition) is 2. The first-order chi connectivity index (χ1) is 12.2. The largest absolute Gasteiger partial charge is 0.476 e. The van der Waals surface area contributed by atoms with E-state index < -0.39 is 0 Å². The summed E-state index contributed by atoms with van der Waals surface area (Å²) in [4.78, 5) is 12.7. The molecule has 0 atom stereocenters. The van der Waals surface area contributed by atoms with E-state index in [9.17, 15) is 0 Å². The summed E-state index contributed by atoms with van der Waals surface area (Å²) in [6.45, 7) is 4.54. The molecule has 0 aliphatic heterocycles. The van der Waals surface area contributed by atoms with Crippen LogP contribution in [0.25, 0.3) is 0 Å². The van der Waals surface area contributed by atoms with Gasteiger partial charge in [-0.15, -0.1) is 0 Å². The third-order valence-corrected chi connectivity index (χ3v) is 3.60. The molecule has 0 unspecified atom stereocenters. The van der Waals surface area contributed by atoms with Crippen LogP contribution >= 0.6 is 23.2 Å². The van der Waals surface area contributed by atoms with Crippen LogP contribution in [0.2, 0.25) is 10.2 Å². The smallest absolute Gasteiger partial charge is 0.213 e. The number of hydrogen-bond acceptors (Lipinski definition) is 4. The Balaban J connectivity index is 1.73. The normalized spacial score (nSPS) is 11.2. The minimum absolute atomic E-state index is 0.472. The molecule has 2 rings (SSSR count). The van der Waals surface area contributed by atoms with Gasteiger partial charge in [0, 0.05) is 31.5 Å². The molecule has 0 bridgehead atoms. The van der Waals surface area contributed by atoms with E-state index in [-0.39, 0.29) is 0 Å². The number of nitrogens with zero attached hydrogens (tertiary/aromatic N) is 3. The minimum Gasteiger partial charge on any atom is -0.476 e. The maximum atomic E-state index is 5.78. The van der Waals surface area contributed by atoms with Crippen LogP contribution in [0.1, 0.15) is 12.5 Å². The maximum Gasteiger partial charge on any atom is 0.213 e. The Morgan fingerprint density at radius 1 is 1.12 bits per heavy atom. The molecular formula is C17H21Cl2N5O. The van der Waals surface area contributed by atoms with E-state index in [2.05, 4.69) is 25.6 Å². The van der Waals surface area contributed by atoms with Crippen LogP contribution in [-0.2, 0) is 6.42 Å². The van der Waals surface area contributed by atoms with Crippen LogP contribution in [0.3, 0.4) is 0 Å². The Labute approximate surface area is 157 Å². The predicted molar refractivity (Wildman–Crippen MR) is 102 cm³/mol. The van der Waals surface area contributed by atoms with E-state index in [1.807, 2.05) is 13.0 Å². The van der Waals surface area contributed by atoms with Crippen molar-refractivity contribution in [3.05, 3.63) is 52.4 Å². The second kappa shape index (κ2) is 10.7. The number of aliphatic imine (C=N–C) groups is 1. The quantitative estimate of drug-likeness (QED) is 0.318. The van der Waals surface area contributed by atoms with E-state index >= 15 is 0 Å². The minimum atomic E-state index is 0.472. The van der Waals surface area contributed by atoms with Gasteiger partial charge in [0.2, 0.25) is 5.88 Å². The van der Waals surface area contributed by atoms with Gasteiger partial charge < -0.3 is 15.4 Å². The van der Waals surface area contributed by atoms with Crippen molar-refractivity contribution in [1.82, 2.24) is 20.6 Å². The fourth-order valence-electron chi connectivity index (χ4n) is 1.97. The van der Waals surface area contributed by atoms with Crippen LogP contribution < -0.4 is 15.4 Å².